The summed E-state index contributed by atoms with van der Waals surface area (Å²) in [4.78, 5) is 10.9. The molecule has 0 aliphatic carbocycles. The van der Waals surface area contributed by atoms with Crippen LogP contribution in [0.3, 0.4) is 0 Å². The van der Waals surface area contributed by atoms with Crippen molar-refractivity contribution < 1.29 is 19.3 Å². The van der Waals surface area contributed by atoms with Gasteiger partial charge in [-0.25, -0.2) is 4.98 Å². The molecule has 0 radical (unpaired) electrons. The van der Waals surface area contributed by atoms with Crippen molar-refractivity contribution in [1.82, 2.24) is 19.5 Å². The number of nitrogens with zero attached hydrogens (tertiary/aromatic N) is 4. The van der Waals surface area contributed by atoms with Gasteiger partial charge >= 0.3 is 6.08 Å². The lowest BCUT2D eigenvalue weighted by atomic mass is 10.1. The molecule has 4 N–H and O–H groups in total. The van der Waals surface area contributed by atoms with Gasteiger partial charge in [0.1, 0.15) is 12.2 Å². The predicted molar refractivity (Wildman–Crippen MR) is 61.3 cm³/mol. The number of aromatic nitrogens is 4. The smallest absolute Gasteiger partial charge is 0.312 e. The van der Waals surface area contributed by atoms with Crippen LogP contribution in [0.4, 0.5) is 10.2 Å². The molecule has 102 valence electrons. The number of hydrogen-bond acceptors (Lipinski definition) is 7. The van der Waals surface area contributed by atoms with Crippen LogP contribution in [0.25, 0.3) is 11.2 Å². The lowest BCUT2D eigenvalue weighted by Crippen LogP contribution is -2.30. The zero-order chi connectivity index (χ0) is 13.7. The Bertz CT molecular complexity index is 633. The molecule has 8 nitrogen and oxygen atoms in total. The summed E-state index contributed by atoms with van der Waals surface area (Å²) < 4.78 is 19.9. The number of halogens is 1. The molecule has 2 unspecified atom stereocenters. The van der Waals surface area contributed by atoms with Crippen LogP contribution in [0.1, 0.15) is 13.2 Å². The van der Waals surface area contributed by atoms with Gasteiger partial charge in [-0.05, 0) is 6.92 Å². The Labute approximate surface area is 106 Å². The Hall–Kier alpha value is -1.84. The maximum Gasteiger partial charge on any atom is 0.312 e. The van der Waals surface area contributed by atoms with E-state index in [1.54, 1.807) is 6.92 Å². The van der Waals surface area contributed by atoms with Crippen molar-refractivity contribution in [3.05, 3.63) is 12.4 Å². The van der Waals surface area contributed by atoms with Gasteiger partial charge in [0.15, 0.2) is 23.2 Å². The quantitative estimate of drug-likeness (QED) is 0.579. The number of nitrogen functional groups attached to an aromatic ring is 1. The van der Waals surface area contributed by atoms with Crippen LogP contribution in [0.15, 0.2) is 6.33 Å². The molecule has 2 aromatic rings. The van der Waals surface area contributed by atoms with Crippen LogP contribution in [0.2, 0.25) is 0 Å². The summed E-state index contributed by atoms with van der Waals surface area (Å²) in [5, 5.41) is 19.6. The second kappa shape index (κ2) is 4.08. The predicted octanol–water partition coefficient (Wildman–Crippen LogP) is -0.813. The van der Waals surface area contributed by atoms with Gasteiger partial charge < -0.3 is 20.7 Å². The molecule has 0 saturated carbocycles. The number of anilines is 1. The number of aliphatic hydroxyl groups excluding tert-OH is 2. The van der Waals surface area contributed by atoms with Crippen LogP contribution in [0.5, 0.6) is 0 Å². The molecular formula is C10H12FN5O3. The van der Waals surface area contributed by atoms with Crippen molar-refractivity contribution in [2.75, 3.05) is 5.73 Å². The van der Waals surface area contributed by atoms with Gasteiger partial charge in [-0.3, -0.25) is 4.57 Å². The van der Waals surface area contributed by atoms with E-state index in [1.807, 2.05) is 0 Å². The van der Waals surface area contributed by atoms with Gasteiger partial charge in [0.25, 0.3) is 0 Å². The summed E-state index contributed by atoms with van der Waals surface area (Å²) in [6.07, 6.45) is -3.33. The van der Waals surface area contributed by atoms with Crippen molar-refractivity contribution in [1.29, 1.82) is 0 Å². The highest BCUT2D eigenvalue weighted by Crippen LogP contribution is 2.31. The molecule has 0 spiro atoms. The molecule has 0 aromatic carbocycles. The fraction of sp³-hybridized carbons (Fsp3) is 0.500. The summed E-state index contributed by atoms with van der Waals surface area (Å²) in [6.45, 7) is 1.62. The van der Waals surface area contributed by atoms with E-state index in [1.165, 1.54) is 10.9 Å². The molecular weight excluding hydrogens is 257 g/mol. The van der Waals surface area contributed by atoms with Gasteiger partial charge in [0.05, 0.1) is 12.4 Å². The first kappa shape index (κ1) is 12.2. The average molecular weight is 269 g/mol. The zero-order valence-corrected chi connectivity index (χ0v) is 9.93. The fourth-order valence-corrected chi connectivity index (χ4v) is 2.15. The highest BCUT2D eigenvalue weighted by molar-refractivity contribution is 5.81. The highest BCUT2D eigenvalue weighted by atomic mass is 19.1. The summed E-state index contributed by atoms with van der Waals surface area (Å²) >= 11 is 0. The third kappa shape index (κ3) is 1.74. The molecule has 0 bridgehead atoms. The number of nitrogens with two attached hydrogens (primary N) is 1. The average Bonchev–Trinajstić information content (AvgIpc) is 2.86. The maximum absolute atomic E-state index is 13.2. The van der Waals surface area contributed by atoms with E-state index in [0.29, 0.717) is 0 Å². The van der Waals surface area contributed by atoms with E-state index in [9.17, 15) is 14.6 Å². The first-order chi connectivity index (χ1) is 8.99. The van der Waals surface area contributed by atoms with Gasteiger partial charge in [0.2, 0.25) is 0 Å². The van der Waals surface area contributed by atoms with Crippen molar-refractivity contribution in [3.63, 3.8) is 0 Å². The summed E-state index contributed by atoms with van der Waals surface area (Å²) in [6, 6.07) is 0. The zero-order valence-electron chi connectivity index (χ0n) is 9.93. The van der Waals surface area contributed by atoms with Gasteiger partial charge in [-0.1, -0.05) is 0 Å². The topological polar surface area (TPSA) is 119 Å². The molecule has 1 aliphatic heterocycles. The van der Waals surface area contributed by atoms with Crippen molar-refractivity contribution in [2.45, 2.75) is 31.5 Å². The Morgan fingerprint density at radius 2 is 2.11 bits per heavy atom. The molecule has 4 atom stereocenters. The minimum atomic E-state index is -1.16. The summed E-state index contributed by atoms with van der Waals surface area (Å²) in [5.74, 6) is -0.0951. The first-order valence-corrected chi connectivity index (χ1v) is 5.66. The van der Waals surface area contributed by atoms with Crippen molar-refractivity contribution in [2.24, 2.45) is 0 Å². The van der Waals surface area contributed by atoms with Gasteiger partial charge in [-0.2, -0.15) is 14.4 Å². The minimum Gasteiger partial charge on any atom is -0.388 e. The first-order valence-electron chi connectivity index (χ1n) is 5.66. The van der Waals surface area contributed by atoms with Crippen LogP contribution in [-0.4, -0.2) is 48.0 Å². The molecule has 1 saturated heterocycles. The number of imidazole rings is 1. The fourth-order valence-electron chi connectivity index (χ4n) is 2.15. The minimum absolute atomic E-state index is 0.0951. The van der Waals surface area contributed by atoms with Crippen LogP contribution >= 0.6 is 0 Å². The van der Waals surface area contributed by atoms with Gasteiger partial charge in [-0.15, -0.1) is 0 Å². The van der Waals surface area contributed by atoms with E-state index in [4.69, 9.17) is 10.5 Å². The molecule has 19 heavy (non-hydrogen) atoms. The third-order valence-electron chi connectivity index (χ3n) is 3.17. The van der Waals surface area contributed by atoms with E-state index in [2.05, 4.69) is 15.0 Å². The largest absolute Gasteiger partial charge is 0.388 e. The van der Waals surface area contributed by atoms with Crippen LogP contribution < -0.4 is 5.73 Å². The number of fused-ring (bicyclic) bond motifs is 1. The lowest BCUT2D eigenvalue weighted by Gasteiger charge is -2.16. The van der Waals surface area contributed by atoms with E-state index in [-0.39, 0.29) is 17.0 Å². The van der Waals surface area contributed by atoms with E-state index in [0.717, 1.165) is 0 Å². The Kier molecular flexibility index (Phi) is 2.62. The van der Waals surface area contributed by atoms with Crippen LogP contribution in [-0.2, 0) is 4.74 Å². The number of hydrogen-bond donors (Lipinski definition) is 3. The standard InChI is InChI=1S/C10H12FN5O3/c1-3-5(17)6(18)9(19-3)16-2-13-4-7(12)14-10(11)15-8(4)16/h2-3,5-6,9,17-18H,1H3,(H2,12,14,15)/t3-,5?,6?,9-/m1/s1. The molecule has 1 aliphatic rings. The van der Waals surface area contributed by atoms with E-state index < -0.39 is 30.6 Å². The SMILES string of the molecule is C[C@H]1O[C@@H](n2cnc3c(N)nc(F)nc32)C(O)C1O. The van der Waals surface area contributed by atoms with Crippen LogP contribution in [0, 0.1) is 6.08 Å². The normalized spacial score (nSPS) is 31.2. The highest BCUT2D eigenvalue weighted by Gasteiger charge is 2.42. The number of rotatable bonds is 1. The lowest BCUT2D eigenvalue weighted by molar-refractivity contribution is -0.0300. The molecule has 2 aromatic heterocycles. The Balaban J connectivity index is 2.11. The van der Waals surface area contributed by atoms with E-state index >= 15 is 0 Å². The molecule has 0 amide bonds. The van der Waals surface area contributed by atoms with Crippen molar-refractivity contribution in [3.8, 4) is 0 Å². The molecule has 9 heteroatoms. The number of ether oxygens (including phenoxy) is 1. The third-order valence-corrected chi connectivity index (χ3v) is 3.17. The maximum atomic E-state index is 13.2. The number of aliphatic hydroxyl groups is 2. The summed E-state index contributed by atoms with van der Waals surface area (Å²) in [5.41, 5.74) is 5.86. The monoisotopic (exact) mass is 269 g/mol. The molecule has 3 heterocycles. The summed E-state index contributed by atoms with van der Waals surface area (Å²) in [7, 11) is 0. The Morgan fingerprint density at radius 3 is 2.74 bits per heavy atom. The van der Waals surface area contributed by atoms with Crippen molar-refractivity contribution >= 4 is 17.0 Å². The molecule has 3 rings (SSSR count). The second-order valence-corrected chi connectivity index (χ2v) is 4.41. The van der Waals surface area contributed by atoms with Gasteiger partial charge in [0, 0.05) is 0 Å². The molecule has 1 fully saturated rings. The second-order valence-electron chi connectivity index (χ2n) is 4.41. The Morgan fingerprint density at radius 1 is 1.37 bits per heavy atom.